The maximum Gasteiger partial charge on any atom is 0.354 e. The lowest BCUT2D eigenvalue weighted by Crippen LogP contribution is -2.42. The minimum Gasteiger partial charge on any atom is -0.438 e. The van der Waals surface area contributed by atoms with Crippen molar-refractivity contribution in [3.8, 4) is 11.6 Å². The zero-order valence-corrected chi connectivity index (χ0v) is 20.0. The Hall–Kier alpha value is -4.51. The highest BCUT2D eigenvalue weighted by molar-refractivity contribution is 6.30. The van der Waals surface area contributed by atoms with Crippen LogP contribution in [0.25, 0.3) is 0 Å². The fourth-order valence-electron chi connectivity index (χ4n) is 3.32. The Morgan fingerprint density at radius 2 is 1.72 bits per heavy atom. The van der Waals surface area contributed by atoms with Crippen LogP contribution < -0.4 is 27.2 Å². The summed E-state index contributed by atoms with van der Waals surface area (Å²) < 4.78 is 8.14. The number of hydrogen-bond donors (Lipinski definition) is 2. The second kappa shape index (κ2) is 10.8. The number of halogens is 1. The van der Waals surface area contributed by atoms with E-state index in [1.807, 2.05) is 6.92 Å². The first-order chi connectivity index (χ1) is 17.3. The van der Waals surface area contributed by atoms with Crippen molar-refractivity contribution in [2.75, 3.05) is 5.32 Å². The molecule has 2 heterocycles. The Morgan fingerprint density at radius 1 is 1.00 bits per heavy atom. The van der Waals surface area contributed by atoms with Crippen molar-refractivity contribution < 1.29 is 9.53 Å². The van der Waals surface area contributed by atoms with Gasteiger partial charge in [-0.3, -0.25) is 9.36 Å². The molecule has 11 nitrogen and oxygen atoms in total. The van der Waals surface area contributed by atoms with Crippen LogP contribution in [0.1, 0.15) is 29.4 Å². The molecular formula is C24H22ClN7O4. The number of nitrogens with one attached hydrogen (secondary N) is 1. The quantitative estimate of drug-likeness (QED) is 0.351. The number of anilines is 2. The second-order valence-corrected chi connectivity index (χ2v) is 8.17. The lowest BCUT2D eigenvalue weighted by molar-refractivity contribution is 0.0994. The van der Waals surface area contributed by atoms with Crippen molar-refractivity contribution in [1.29, 1.82) is 0 Å². The van der Waals surface area contributed by atoms with E-state index >= 15 is 0 Å². The van der Waals surface area contributed by atoms with Crippen LogP contribution in [-0.4, -0.2) is 30.2 Å². The molecule has 0 spiro atoms. The molecule has 2 aromatic carbocycles. The molecule has 4 rings (SSSR count). The number of nitrogens with two attached hydrogens (primary N) is 1. The van der Waals surface area contributed by atoms with E-state index in [0.29, 0.717) is 22.9 Å². The van der Waals surface area contributed by atoms with Crippen LogP contribution in [0.5, 0.6) is 11.6 Å². The molecule has 0 saturated carbocycles. The average Bonchev–Trinajstić information content (AvgIpc) is 2.87. The summed E-state index contributed by atoms with van der Waals surface area (Å²) in [6.45, 7) is 2.33. The molecule has 0 fully saturated rings. The number of carbonyl (C=O) groups excluding carboxylic acids is 1. The predicted molar refractivity (Wildman–Crippen MR) is 134 cm³/mol. The van der Waals surface area contributed by atoms with Gasteiger partial charge in [-0.2, -0.15) is 4.98 Å². The molecule has 2 aromatic heterocycles. The summed E-state index contributed by atoms with van der Waals surface area (Å²) in [5.74, 6) is 0.0501. The van der Waals surface area contributed by atoms with Crippen LogP contribution in [0.15, 0.2) is 70.3 Å². The molecule has 184 valence electrons. The number of rotatable bonds is 9. The van der Waals surface area contributed by atoms with E-state index in [1.165, 1.54) is 16.7 Å². The van der Waals surface area contributed by atoms with Gasteiger partial charge in [-0.25, -0.2) is 14.2 Å². The molecular weight excluding hydrogens is 486 g/mol. The molecule has 0 atom stereocenters. The molecule has 0 unspecified atom stereocenters. The van der Waals surface area contributed by atoms with Gasteiger partial charge in [-0.05, 0) is 54.4 Å². The van der Waals surface area contributed by atoms with Gasteiger partial charge in [-0.15, -0.1) is 10.2 Å². The van der Waals surface area contributed by atoms with Gasteiger partial charge in [-0.1, -0.05) is 30.7 Å². The summed E-state index contributed by atoms with van der Waals surface area (Å²) in [7, 11) is 0. The zero-order valence-electron chi connectivity index (χ0n) is 19.2. The van der Waals surface area contributed by atoms with Gasteiger partial charge in [0.15, 0.2) is 5.69 Å². The van der Waals surface area contributed by atoms with E-state index in [1.54, 1.807) is 48.5 Å². The second-order valence-electron chi connectivity index (χ2n) is 7.74. The van der Waals surface area contributed by atoms with E-state index in [-0.39, 0.29) is 30.6 Å². The van der Waals surface area contributed by atoms with Crippen LogP contribution in [-0.2, 0) is 13.1 Å². The first-order valence-corrected chi connectivity index (χ1v) is 11.4. The number of aromatic nitrogens is 5. The standard InChI is InChI=1S/C24H22ClN7O4/c1-2-13-31-23(34)28-22(32(24(31)35)14-15-3-5-16(25)6-4-15)27-17-7-9-18(10-8-17)36-20-12-11-19(21(26)33)29-30-20/h3-12H,2,13-14H2,1H3,(H2,26,33)(H,27,28,34). The number of benzene rings is 2. The molecule has 12 heteroatoms. The smallest absolute Gasteiger partial charge is 0.354 e. The minimum absolute atomic E-state index is 0.0277. The van der Waals surface area contributed by atoms with E-state index in [4.69, 9.17) is 22.1 Å². The summed E-state index contributed by atoms with van der Waals surface area (Å²) in [4.78, 5) is 40.9. The lowest BCUT2D eigenvalue weighted by atomic mass is 10.2. The third kappa shape index (κ3) is 5.76. The number of primary amides is 1. The highest BCUT2D eigenvalue weighted by Gasteiger charge is 2.14. The first-order valence-electron chi connectivity index (χ1n) is 11.0. The summed E-state index contributed by atoms with van der Waals surface area (Å²) >= 11 is 5.98. The van der Waals surface area contributed by atoms with Crippen LogP contribution in [0.4, 0.5) is 11.6 Å². The van der Waals surface area contributed by atoms with Crippen LogP contribution >= 0.6 is 11.6 Å². The van der Waals surface area contributed by atoms with E-state index in [0.717, 1.165) is 10.1 Å². The molecule has 36 heavy (non-hydrogen) atoms. The highest BCUT2D eigenvalue weighted by Crippen LogP contribution is 2.22. The van der Waals surface area contributed by atoms with Crippen molar-refractivity contribution in [3.05, 3.63) is 97.9 Å². The fourth-order valence-corrected chi connectivity index (χ4v) is 3.44. The van der Waals surface area contributed by atoms with Gasteiger partial charge < -0.3 is 15.8 Å². The van der Waals surface area contributed by atoms with E-state index in [9.17, 15) is 14.4 Å². The summed E-state index contributed by atoms with van der Waals surface area (Å²) in [6.07, 6.45) is 0.613. The van der Waals surface area contributed by atoms with Crippen molar-refractivity contribution in [1.82, 2.24) is 24.3 Å². The lowest BCUT2D eigenvalue weighted by Gasteiger charge is -2.15. The molecule has 0 aliphatic heterocycles. The van der Waals surface area contributed by atoms with Gasteiger partial charge in [0.2, 0.25) is 11.8 Å². The molecule has 0 aliphatic carbocycles. The summed E-state index contributed by atoms with van der Waals surface area (Å²) in [6, 6.07) is 16.7. The maximum atomic E-state index is 13.1. The fraction of sp³-hybridized carbons (Fsp3) is 0.167. The Balaban J connectivity index is 1.59. The van der Waals surface area contributed by atoms with Crippen LogP contribution in [0, 0.1) is 0 Å². The van der Waals surface area contributed by atoms with Crippen molar-refractivity contribution in [2.24, 2.45) is 5.73 Å². The monoisotopic (exact) mass is 507 g/mol. The first kappa shape index (κ1) is 24.6. The van der Waals surface area contributed by atoms with Gasteiger partial charge in [0.05, 0.1) is 6.54 Å². The molecule has 0 aliphatic rings. The van der Waals surface area contributed by atoms with Gasteiger partial charge in [0.1, 0.15) is 5.75 Å². The average molecular weight is 508 g/mol. The summed E-state index contributed by atoms with van der Waals surface area (Å²) in [5.41, 5.74) is 5.48. The molecule has 0 bridgehead atoms. The molecule has 3 N–H and O–H groups in total. The Kier molecular flexibility index (Phi) is 7.40. The number of ether oxygens (including phenoxy) is 1. The Bertz CT molecular complexity index is 1480. The van der Waals surface area contributed by atoms with E-state index < -0.39 is 17.3 Å². The number of hydrogen-bond acceptors (Lipinski definition) is 8. The minimum atomic E-state index is -0.685. The van der Waals surface area contributed by atoms with Crippen LogP contribution in [0.3, 0.4) is 0 Å². The zero-order chi connectivity index (χ0) is 25.7. The largest absolute Gasteiger partial charge is 0.438 e. The van der Waals surface area contributed by atoms with Crippen molar-refractivity contribution in [2.45, 2.75) is 26.4 Å². The highest BCUT2D eigenvalue weighted by atomic mass is 35.5. The van der Waals surface area contributed by atoms with Gasteiger partial charge in [0.25, 0.3) is 5.91 Å². The number of nitrogens with zero attached hydrogens (tertiary/aromatic N) is 5. The van der Waals surface area contributed by atoms with Crippen molar-refractivity contribution in [3.63, 3.8) is 0 Å². The molecule has 4 aromatic rings. The maximum absolute atomic E-state index is 13.1. The summed E-state index contributed by atoms with van der Waals surface area (Å²) in [5, 5.41) is 11.1. The number of carbonyl (C=O) groups is 1. The van der Waals surface area contributed by atoms with E-state index in [2.05, 4.69) is 20.5 Å². The topological polar surface area (TPSA) is 147 Å². The van der Waals surface area contributed by atoms with Gasteiger partial charge >= 0.3 is 11.4 Å². The van der Waals surface area contributed by atoms with Gasteiger partial charge in [0, 0.05) is 23.3 Å². The Labute approximate surface area is 210 Å². The predicted octanol–water partition coefficient (Wildman–Crippen LogP) is 2.94. The van der Waals surface area contributed by atoms with Crippen molar-refractivity contribution >= 4 is 29.1 Å². The van der Waals surface area contributed by atoms with Crippen LogP contribution in [0.2, 0.25) is 5.02 Å². The molecule has 0 radical (unpaired) electrons. The molecule has 0 saturated heterocycles. The normalized spacial score (nSPS) is 10.7. The molecule has 1 amide bonds. The third-order valence-electron chi connectivity index (χ3n) is 5.08. The third-order valence-corrected chi connectivity index (χ3v) is 5.33. The Morgan fingerprint density at radius 3 is 2.33 bits per heavy atom. The number of amides is 1. The SMILES string of the molecule is CCCn1c(=O)nc(Nc2ccc(Oc3ccc(C(N)=O)nn3)cc2)n(Cc2ccc(Cl)cc2)c1=O.